The number of anilines is 1. The van der Waals surface area contributed by atoms with E-state index in [0.29, 0.717) is 14.6 Å². The summed E-state index contributed by atoms with van der Waals surface area (Å²) in [5.74, 6) is -0.0771. The summed E-state index contributed by atoms with van der Waals surface area (Å²) in [4.78, 5) is 0. The van der Waals surface area contributed by atoms with E-state index in [0.717, 1.165) is 6.07 Å². The minimum Gasteiger partial charge on any atom is -0.455 e. The fourth-order valence-electron chi connectivity index (χ4n) is 1.53. The minimum absolute atomic E-state index is 0.216. The predicted molar refractivity (Wildman–Crippen MR) is 77.8 cm³/mol. The molecule has 0 spiro atoms. The molecule has 0 aliphatic carbocycles. The summed E-state index contributed by atoms with van der Waals surface area (Å²) in [6.07, 6.45) is -4.50. The van der Waals surface area contributed by atoms with Crippen LogP contribution in [-0.2, 0) is 6.18 Å². The molecule has 2 aromatic rings. The van der Waals surface area contributed by atoms with Crippen LogP contribution in [0, 0.1) is 0 Å². The minimum atomic E-state index is -4.50. The van der Waals surface area contributed by atoms with Gasteiger partial charge in [-0.25, -0.2) is 0 Å². The molecular formula is C13H8Br2F3NO. The topological polar surface area (TPSA) is 35.2 Å². The van der Waals surface area contributed by atoms with Gasteiger partial charge in [-0.05, 0) is 46.3 Å². The largest absolute Gasteiger partial charge is 0.455 e. The van der Waals surface area contributed by atoms with E-state index in [1.54, 1.807) is 12.1 Å². The smallest absolute Gasteiger partial charge is 0.419 e. The zero-order valence-corrected chi connectivity index (χ0v) is 13.0. The van der Waals surface area contributed by atoms with E-state index in [4.69, 9.17) is 10.5 Å². The number of rotatable bonds is 2. The Bertz CT molecular complexity index is 644. The van der Waals surface area contributed by atoms with Gasteiger partial charge in [0.2, 0.25) is 0 Å². The molecule has 2 nitrogen and oxygen atoms in total. The van der Waals surface area contributed by atoms with Gasteiger partial charge >= 0.3 is 6.18 Å². The Hall–Kier alpha value is -1.21. The number of ether oxygens (including phenoxy) is 1. The number of halogens is 5. The highest BCUT2D eigenvalue weighted by atomic mass is 79.9. The molecule has 7 heteroatoms. The lowest BCUT2D eigenvalue weighted by molar-refractivity contribution is -0.138. The maximum atomic E-state index is 12.9. The predicted octanol–water partition coefficient (Wildman–Crippen LogP) is 5.60. The van der Waals surface area contributed by atoms with E-state index in [-0.39, 0.29) is 11.5 Å². The van der Waals surface area contributed by atoms with E-state index in [1.165, 1.54) is 18.2 Å². The van der Waals surface area contributed by atoms with Gasteiger partial charge in [0.25, 0.3) is 0 Å². The monoisotopic (exact) mass is 409 g/mol. The Balaban J connectivity index is 2.47. The van der Waals surface area contributed by atoms with E-state index in [1.807, 2.05) is 0 Å². The molecule has 2 rings (SSSR count). The van der Waals surface area contributed by atoms with Crippen LogP contribution in [0.4, 0.5) is 18.9 Å². The van der Waals surface area contributed by atoms with Crippen molar-refractivity contribution in [3.8, 4) is 11.5 Å². The first kappa shape index (κ1) is 15.2. The van der Waals surface area contributed by atoms with Crippen molar-refractivity contribution >= 4 is 37.5 Å². The lowest BCUT2D eigenvalue weighted by atomic mass is 10.2. The normalized spacial score (nSPS) is 11.4. The van der Waals surface area contributed by atoms with Crippen LogP contribution in [-0.4, -0.2) is 0 Å². The summed E-state index contributed by atoms with van der Waals surface area (Å²) >= 11 is 6.33. The number of hydrogen-bond donors (Lipinski definition) is 1. The zero-order chi connectivity index (χ0) is 14.9. The van der Waals surface area contributed by atoms with E-state index in [9.17, 15) is 13.2 Å². The average Bonchev–Trinajstić information content (AvgIpc) is 2.32. The average molecular weight is 411 g/mol. The fraction of sp³-hybridized carbons (Fsp3) is 0.0769. The summed E-state index contributed by atoms with van der Waals surface area (Å²) in [5.41, 5.74) is 5.15. The van der Waals surface area contributed by atoms with Crippen molar-refractivity contribution in [3.63, 3.8) is 0 Å². The van der Waals surface area contributed by atoms with E-state index in [2.05, 4.69) is 31.9 Å². The molecule has 0 unspecified atom stereocenters. The van der Waals surface area contributed by atoms with E-state index < -0.39 is 11.7 Å². The Morgan fingerprint density at radius 1 is 0.950 bits per heavy atom. The molecule has 0 atom stereocenters. The van der Waals surface area contributed by atoms with Gasteiger partial charge in [-0.3, -0.25) is 0 Å². The zero-order valence-electron chi connectivity index (χ0n) is 9.84. The van der Waals surface area contributed by atoms with Gasteiger partial charge in [0.15, 0.2) is 0 Å². The van der Waals surface area contributed by atoms with Crippen LogP contribution < -0.4 is 10.5 Å². The fourth-order valence-corrected chi connectivity index (χ4v) is 2.20. The molecule has 0 aliphatic rings. The summed E-state index contributed by atoms with van der Waals surface area (Å²) in [7, 11) is 0. The lowest BCUT2D eigenvalue weighted by Crippen LogP contribution is -2.07. The molecule has 0 saturated carbocycles. The number of nitrogen functional groups attached to an aromatic ring is 1. The third-order valence-electron chi connectivity index (χ3n) is 2.42. The highest BCUT2D eigenvalue weighted by Gasteiger charge is 2.34. The van der Waals surface area contributed by atoms with Gasteiger partial charge in [0.05, 0.1) is 10.0 Å². The molecule has 0 aliphatic heterocycles. The molecule has 0 saturated heterocycles. The Kier molecular flexibility index (Phi) is 4.29. The molecule has 20 heavy (non-hydrogen) atoms. The van der Waals surface area contributed by atoms with Gasteiger partial charge in [-0.1, -0.05) is 15.9 Å². The number of nitrogens with two attached hydrogens (primary N) is 1. The number of alkyl halides is 3. The second kappa shape index (κ2) is 5.65. The molecule has 0 radical (unpaired) electrons. The SMILES string of the molecule is Nc1ccc(Br)c(Oc2cc(Br)ccc2C(F)(F)F)c1. The quantitative estimate of drug-likeness (QED) is 0.653. The molecule has 2 aromatic carbocycles. The summed E-state index contributed by atoms with van der Waals surface area (Å²) in [6, 6.07) is 8.20. The van der Waals surface area contributed by atoms with Crippen LogP contribution in [0.5, 0.6) is 11.5 Å². The molecule has 0 amide bonds. The highest BCUT2D eigenvalue weighted by Crippen LogP contribution is 2.41. The summed E-state index contributed by atoms with van der Waals surface area (Å²) in [6.45, 7) is 0. The third kappa shape index (κ3) is 3.46. The summed E-state index contributed by atoms with van der Waals surface area (Å²) < 4.78 is 45.1. The van der Waals surface area contributed by atoms with Crippen LogP contribution in [0.2, 0.25) is 0 Å². The van der Waals surface area contributed by atoms with Gasteiger partial charge < -0.3 is 10.5 Å². The molecular weight excluding hydrogens is 403 g/mol. The molecule has 0 aromatic heterocycles. The van der Waals surface area contributed by atoms with Crippen LogP contribution in [0.1, 0.15) is 5.56 Å². The second-order valence-corrected chi connectivity index (χ2v) is 5.70. The molecule has 2 N–H and O–H groups in total. The first-order chi connectivity index (χ1) is 9.27. The lowest BCUT2D eigenvalue weighted by Gasteiger charge is -2.15. The van der Waals surface area contributed by atoms with Crippen LogP contribution in [0.3, 0.4) is 0 Å². The standard InChI is InChI=1S/C13H8Br2F3NO/c14-7-1-3-9(13(16,17)18)11(5-7)20-12-6-8(19)2-4-10(12)15/h1-6H,19H2. The number of hydrogen-bond acceptors (Lipinski definition) is 2. The van der Waals surface area contributed by atoms with Gasteiger partial charge in [0.1, 0.15) is 11.5 Å². The molecule has 106 valence electrons. The third-order valence-corrected chi connectivity index (χ3v) is 3.57. The molecule has 0 heterocycles. The van der Waals surface area contributed by atoms with Crippen molar-refractivity contribution in [2.45, 2.75) is 6.18 Å². The van der Waals surface area contributed by atoms with Gasteiger partial charge in [0, 0.05) is 16.2 Å². The van der Waals surface area contributed by atoms with Crippen molar-refractivity contribution in [1.29, 1.82) is 0 Å². The highest BCUT2D eigenvalue weighted by molar-refractivity contribution is 9.10. The Labute approximate surface area is 130 Å². The van der Waals surface area contributed by atoms with Gasteiger partial charge in [-0.15, -0.1) is 0 Å². The van der Waals surface area contributed by atoms with Crippen molar-refractivity contribution in [3.05, 3.63) is 50.9 Å². The first-order valence-electron chi connectivity index (χ1n) is 5.37. The van der Waals surface area contributed by atoms with Crippen LogP contribution >= 0.6 is 31.9 Å². The van der Waals surface area contributed by atoms with Crippen LogP contribution in [0.15, 0.2) is 45.3 Å². The van der Waals surface area contributed by atoms with Gasteiger partial charge in [-0.2, -0.15) is 13.2 Å². The van der Waals surface area contributed by atoms with Crippen molar-refractivity contribution in [2.75, 3.05) is 5.73 Å². The van der Waals surface area contributed by atoms with Crippen molar-refractivity contribution < 1.29 is 17.9 Å². The Morgan fingerprint density at radius 2 is 1.65 bits per heavy atom. The first-order valence-corrected chi connectivity index (χ1v) is 6.95. The molecule has 0 fully saturated rings. The number of benzene rings is 2. The van der Waals surface area contributed by atoms with Crippen molar-refractivity contribution in [1.82, 2.24) is 0 Å². The Morgan fingerprint density at radius 3 is 2.30 bits per heavy atom. The van der Waals surface area contributed by atoms with E-state index >= 15 is 0 Å². The second-order valence-electron chi connectivity index (χ2n) is 3.93. The van der Waals surface area contributed by atoms with Crippen LogP contribution in [0.25, 0.3) is 0 Å². The maximum Gasteiger partial charge on any atom is 0.419 e. The summed E-state index contributed by atoms with van der Waals surface area (Å²) in [5, 5.41) is 0. The van der Waals surface area contributed by atoms with Crippen molar-refractivity contribution in [2.24, 2.45) is 0 Å². The maximum absolute atomic E-state index is 12.9. The molecule has 0 bridgehead atoms.